The normalized spacial score (nSPS) is 10.9. The summed E-state index contributed by atoms with van der Waals surface area (Å²) in [5, 5.41) is 9.01. The fourth-order valence-corrected chi connectivity index (χ4v) is 4.91. The maximum Gasteiger partial charge on any atom is 0.272 e. The fraction of sp³-hybridized carbons (Fsp3) is 0.121. The lowest BCUT2D eigenvalue weighted by molar-refractivity contribution is -0.114. The van der Waals surface area contributed by atoms with Gasteiger partial charge in [-0.05, 0) is 73.2 Å². The van der Waals surface area contributed by atoms with Crippen LogP contribution in [0.1, 0.15) is 21.5 Å². The van der Waals surface area contributed by atoms with Crippen LogP contribution in [0.3, 0.4) is 0 Å². The second-order valence-electron chi connectivity index (χ2n) is 9.19. The van der Waals surface area contributed by atoms with Crippen molar-refractivity contribution >= 4 is 58.5 Å². The van der Waals surface area contributed by atoms with Crippen LogP contribution in [0, 0.1) is 6.92 Å². The van der Waals surface area contributed by atoms with Crippen molar-refractivity contribution in [3.63, 3.8) is 0 Å². The summed E-state index contributed by atoms with van der Waals surface area (Å²) in [6, 6.07) is 26.2. The van der Waals surface area contributed by atoms with Crippen molar-refractivity contribution < 1.29 is 23.9 Å². The molecule has 0 saturated carbocycles. The van der Waals surface area contributed by atoms with Crippen LogP contribution in [0.5, 0.6) is 11.5 Å². The third kappa shape index (κ3) is 8.41. The van der Waals surface area contributed by atoms with Crippen LogP contribution in [0.4, 0.5) is 11.4 Å². The van der Waals surface area contributed by atoms with Crippen LogP contribution in [-0.4, -0.2) is 37.7 Å². The van der Waals surface area contributed by atoms with Crippen LogP contribution in [0.15, 0.2) is 102 Å². The van der Waals surface area contributed by atoms with E-state index < -0.39 is 11.8 Å². The SMILES string of the molecule is COc1cccc(/C=C(\NC(=O)c2ccccc2)C(=O)Nc2ccc(SCC(=O)Nc3cccc(Cl)c3C)cc2)c1OC. The van der Waals surface area contributed by atoms with E-state index in [1.165, 1.54) is 32.1 Å². The number of halogens is 1. The minimum Gasteiger partial charge on any atom is -0.493 e. The molecule has 0 aliphatic rings. The minimum atomic E-state index is -0.536. The molecule has 0 atom stereocenters. The van der Waals surface area contributed by atoms with Gasteiger partial charge in [-0.1, -0.05) is 48.0 Å². The summed E-state index contributed by atoms with van der Waals surface area (Å²) in [7, 11) is 3.02. The largest absolute Gasteiger partial charge is 0.493 e. The summed E-state index contributed by atoms with van der Waals surface area (Å²) < 4.78 is 10.9. The highest BCUT2D eigenvalue weighted by molar-refractivity contribution is 8.00. The van der Waals surface area contributed by atoms with Crippen molar-refractivity contribution in [3.8, 4) is 11.5 Å². The highest BCUT2D eigenvalue weighted by Crippen LogP contribution is 2.32. The number of ether oxygens (including phenoxy) is 2. The quantitative estimate of drug-likeness (QED) is 0.126. The van der Waals surface area contributed by atoms with Crippen LogP contribution < -0.4 is 25.4 Å². The molecule has 43 heavy (non-hydrogen) atoms. The Kier molecular flexibility index (Phi) is 10.9. The minimum absolute atomic E-state index is 0.00633. The number of benzene rings is 4. The molecule has 0 aliphatic carbocycles. The zero-order valence-electron chi connectivity index (χ0n) is 23.8. The van der Waals surface area contributed by atoms with E-state index in [2.05, 4.69) is 16.0 Å². The van der Waals surface area contributed by atoms with E-state index in [1.54, 1.807) is 91.0 Å². The monoisotopic (exact) mass is 615 g/mol. The van der Waals surface area contributed by atoms with Crippen LogP contribution in [-0.2, 0) is 9.59 Å². The lowest BCUT2D eigenvalue weighted by Crippen LogP contribution is -2.30. The second kappa shape index (κ2) is 14.9. The molecule has 220 valence electrons. The van der Waals surface area contributed by atoms with Gasteiger partial charge >= 0.3 is 0 Å². The van der Waals surface area contributed by atoms with Gasteiger partial charge in [0, 0.05) is 32.4 Å². The lowest BCUT2D eigenvalue weighted by Gasteiger charge is -2.14. The Labute approximate surface area is 259 Å². The number of nitrogens with one attached hydrogen (secondary N) is 3. The molecule has 0 saturated heterocycles. The number of thioether (sulfide) groups is 1. The summed E-state index contributed by atoms with van der Waals surface area (Å²) in [5.41, 5.74) is 2.93. The number of hydrogen-bond donors (Lipinski definition) is 3. The van der Waals surface area contributed by atoms with E-state index in [1.807, 2.05) is 6.92 Å². The number of rotatable bonds is 11. The molecule has 4 aromatic rings. The van der Waals surface area contributed by atoms with Crippen LogP contribution >= 0.6 is 23.4 Å². The van der Waals surface area contributed by atoms with Gasteiger partial charge < -0.3 is 25.4 Å². The standard InChI is InChI=1S/C33H30ClN3O5S/c1-21-26(34)12-8-13-27(21)36-30(38)20-43-25-17-15-24(16-18-25)35-33(40)28(37-32(39)22-9-5-4-6-10-22)19-23-11-7-14-29(41-2)31(23)42-3/h4-19H,20H2,1-3H3,(H,35,40)(H,36,38)(H,37,39)/b28-19-. The molecule has 0 spiro atoms. The number of carbonyl (C=O) groups excluding carboxylic acids is 3. The molecule has 0 bridgehead atoms. The van der Waals surface area contributed by atoms with E-state index in [0.717, 1.165) is 10.5 Å². The van der Waals surface area contributed by atoms with Gasteiger partial charge in [-0.25, -0.2) is 0 Å². The molecule has 4 rings (SSSR count). The molecular formula is C33H30ClN3O5S. The Morgan fingerprint density at radius 2 is 1.56 bits per heavy atom. The van der Waals surface area contributed by atoms with Crippen molar-refractivity contribution in [3.05, 3.63) is 118 Å². The van der Waals surface area contributed by atoms with Crippen LogP contribution in [0.25, 0.3) is 6.08 Å². The summed E-state index contributed by atoms with van der Waals surface area (Å²) in [6.45, 7) is 1.85. The van der Waals surface area contributed by atoms with Crippen molar-refractivity contribution in [2.75, 3.05) is 30.6 Å². The number of carbonyl (C=O) groups is 3. The van der Waals surface area contributed by atoms with E-state index in [0.29, 0.717) is 39.0 Å². The average molecular weight is 616 g/mol. The Hall–Kier alpha value is -4.73. The van der Waals surface area contributed by atoms with E-state index in [9.17, 15) is 14.4 Å². The van der Waals surface area contributed by atoms with Gasteiger partial charge in [0.25, 0.3) is 11.8 Å². The molecule has 8 nitrogen and oxygen atoms in total. The van der Waals surface area contributed by atoms with E-state index >= 15 is 0 Å². The molecule has 0 aromatic heterocycles. The van der Waals surface area contributed by atoms with Crippen molar-refractivity contribution in [1.82, 2.24) is 5.32 Å². The van der Waals surface area contributed by atoms with Gasteiger partial charge in [0.15, 0.2) is 11.5 Å². The molecule has 3 amide bonds. The number of methoxy groups -OCH3 is 2. The number of anilines is 2. The maximum atomic E-state index is 13.4. The van der Waals surface area contributed by atoms with Crippen molar-refractivity contribution in [1.29, 1.82) is 0 Å². The molecule has 3 N–H and O–H groups in total. The van der Waals surface area contributed by atoms with Gasteiger partial charge in [0.2, 0.25) is 5.91 Å². The van der Waals surface area contributed by atoms with Gasteiger partial charge in [-0.3, -0.25) is 14.4 Å². The maximum absolute atomic E-state index is 13.4. The molecule has 0 heterocycles. The number of amides is 3. The highest BCUT2D eigenvalue weighted by Gasteiger charge is 2.17. The Morgan fingerprint density at radius 3 is 2.26 bits per heavy atom. The topological polar surface area (TPSA) is 106 Å². The zero-order valence-corrected chi connectivity index (χ0v) is 25.3. The first-order valence-corrected chi connectivity index (χ1v) is 14.5. The van der Waals surface area contributed by atoms with Gasteiger partial charge in [0.05, 0.1) is 20.0 Å². The highest BCUT2D eigenvalue weighted by atomic mass is 35.5. The summed E-state index contributed by atoms with van der Waals surface area (Å²) in [4.78, 5) is 39.7. The third-order valence-electron chi connectivity index (χ3n) is 6.29. The first-order valence-electron chi connectivity index (χ1n) is 13.2. The van der Waals surface area contributed by atoms with Gasteiger partial charge in [-0.2, -0.15) is 0 Å². The number of para-hydroxylation sites is 1. The van der Waals surface area contributed by atoms with Gasteiger partial charge in [0.1, 0.15) is 5.70 Å². The molecule has 0 aliphatic heterocycles. The Balaban J connectivity index is 1.47. The smallest absolute Gasteiger partial charge is 0.272 e. The molecule has 0 fully saturated rings. The predicted octanol–water partition coefficient (Wildman–Crippen LogP) is 6.81. The van der Waals surface area contributed by atoms with Crippen molar-refractivity contribution in [2.24, 2.45) is 0 Å². The fourth-order valence-electron chi connectivity index (χ4n) is 4.03. The predicted molar refractivity (Wildman–Crippen MR) is 172 cm³/mol. The summed E-state index contributed by atoms with van der Waals surface area (Å²) in [6.07, 6.45) is 1.53. The molecule has 0 unspecified atom stereocenters. The summed E-state index contributed by atoms with van der Waals surface area (Å²) in [5.74, 6) is -0.0503. The first kappa shape index (κ1) is 31.2. The van der Waals surface area contributed by atoms with E-state index in [-0.39, 0.29) is 17.4 Å². The van der Waals surface area contributed by atoms with Crippen LogP contribution in [0.2, 0.25) is 5.02 Å². The molecular weight excluding hydrogens is 586 g/mol. The average Bonchev–Trinajstić information content (AvgIpc) is 3.02. The van der Waals surface area contributed by atoms with E-state index in [4.69, 9.17) is 21.1 Å². The number of hydrogen-bond acceptors (Lipinski definition) is 6. The first-order chi connectivity index (χ1) is 20.8. The summed E-state index contributed by atoms with van der Waals surface area (Å²) >= 11 is 7.49. The Morgan fingerprint density at radius 1 is 0.837 bits per heavy atom. The zero-order chi connectivity index (χ0) is 30.8. The second-order valence-corrected chi connectivity index (χ2v) is 10.6. The molecule has 0 radical (unpaired) electrons. The van der Waals surface area contributed by atoms with Crippen molar-refractivity contribution in [2.45, 2.75) is 11.8 Å². The molecule has 10 heteroatoms. The third-order valence-corrected chi connectivity index (χ3v) is 7.71. The Bertz CT molecular complexity index is 1640. The lowest BCUT2D eigenvalue weighted by atomic mass is 10.1. The van der Waals surface area contributed by atoms with Gasteiger partial charge in [-0.15, -0.1) is 11.8 Å². The molecule has 4 aromatic carbocycles.